The first kappa shape index (κ1) is 19.5. The molecule has 0 fully saturated rings. The summed E-state index contributed by atoms with van der Waals surface area (Å²) in [7, 11) is 0. The maximum atomic E-state index is 11.9. The Labute approximate surface area is 131 Å². The summed E-state index contributed by atoms with van der Waals surface area (Å²) < 4.78 is 0. The van der Waals surface area contributed by atoms with Gasteiger partial charge >= 0.3 is 12.3 Å². The SMILES string of the molecule is Cc1cccc(C(=O)Nc2cccc(O)c2)c1.O=C=O.O=C=O. The number of hydrogen-bond acceptors (Lipinski definition) is 6. The first-order valence-electron chi connectivity index (χ1n) is 6.14. The molecule has 0 radical (unpaired) electrons. The van der Waals surface area contributed by atoms with Crippen LogP contribution in [0.5, 0.6) is 5.75 Å². The average molecular weight is 315 g/mol. The van der Waals surface area contributed by atoms with E-state index in [9.17, 15) is 9.90 Å². The first-order chi connectivity index (χ1) is 11.0. The smallest absolute Gasteiger partial charge is 0.373 e. The first-order valence-corrected chi connectivity index (χ1v) is 6.14. The number of aryl methyl sites for hydroxylation is 1. The zero-order valence-electron chi connectivity index (χ0n) is 12.1. The van der Waals surface area contributed by atoms with Gasteiger partial charge in [0.25, 0.3) is 5.91 Å². The number of rotatable bonds is 2. The molecule has 7 nitrogen and oxygen atoms in total. The molecule has 0 atom stereocenters. The Hall–Kier alpha value is -3.53. The summed E-state index contributed by atoms with van der Waals surface area (Å²) in [4.78, 5) is 44.4. The molecule has 0 unspecified atom stereocenters. The van der Waals surface area contributed by atoms with Crippen molar-refractivity contribution in [3.8, 4) is 5.75 Å². The van der Waals surface area contributed by atoms with Crippen molar-refractivity contribution in [1.82, 2.24) is 0 Å². The van der Waals surface area contributed by atoms with Gasteiger partial charge in [0, 0.05) is 17.3 Å². The van der Waals surface area contributed by atoms with E-state index in [0.29, 0.717) is 11.3 Å². The van der Waals surface area contributed by atoms with Gasteiger partial charge in [0.05, 0.1) is 0 Å². The van der Waals surface area contributed by atoms with Gasteiger partial charge in [0.15, 0.2) is 0 Å². The summed E-state index contributed by atoms with van der Waals surface area (Å²) in [5.41, 5.74) is 2.22. The van der Waals surface area contributed by atoms with E-state index in [1.807, 2.05) is 25.1 Å². The molecule has 1 amide bonds. The van der Waals surface area contributed by atoms with Gasteiger partial charge in [0.2, 0.25) is 0 Å². The summed E-state index contributed by atoms with van der Waals surface area (Å²) >= 11 is 0. The molecule has 0 bridgehead atoms. The third kappa shape index (κ3) is 8.37. The minimum absolute atomic E-state index is 0.132. The van der Waals surface area contributed by atoms with Crippen molar-refractivity contribution in [1.29, 1.82) is 0 Å². The molecular weight excluding hydrogens is 302 g/mol. The van der Waals surface area contributed by atoms with E-state index >= 15 is 0 Å². The molecular formula is C16H13NO6. The molecule has 0 heterocycles. The van der Waals surface area contributed by atoms with Crippen LogP contribution in [-0.4, -0.2) is 23.3 Å². The summed E-state index contributed by atoms with van der Waals surface area (Å²) in [6, 6.07) is 13.8. The third-order valence-electron chi connectivity index (χ3n) is 2.38. The fraction of sp³-hybridized carbons (Fsp3) is 0.0625. The van der Waals surface area contributed by atoms with Gasteiger partial charge < -0.3 is 10.4 Å². The van der Waals surface area contributed by atoms with Gasteiger partial charge in [-0.3, -0.25) is 4.79 Å². The topological polar surface area (TPSA) is 118 Å². The second kappa shape index (κ2) is 11.2. The lowest BCUT2D eigenvalue weighted by Crippen LogP contribution is -2.11. The van der Waals surface area contributed by atoms with Crippen molar-refractivity contribution in [2.75, 3.05) is 5.32 Å². The van der Waals surface area contributed by atoms with Gasteiger partial charge in [-0.2, -0.15) is 19.2 Å². The van der Waals surface area contributed by atoms with Crippen LogP contribution >= 0.6 is 0 Å². The van der Waals surface area contributed by atoms with Crippen molar-refractivity contribution in [3.63, 3.8) is 0 Å². The summed E-state index contributed by atoms with van der Waals surface area (Å²) in [5.74, 6) is -0.0497. The highest BCUT2D eigenvalue weighted by Gasteiger charge is 2.05. The normalized spacial score (nSPS) is 8.04. The van der Waals surface area contributed by atoms with E-state index in [4.69, 9.17) is 19.2 Å². The van der Waals surface area contributed by atoms with E-state index < -0.39 is 0 Å². The fourth-order valence-corrected chi connectivity index (χ4v) is 1.57. The molecule has 0 spiro atoms. The van der Waals surface area contributed by atoms with Gasteiger partial charge in [-0.05, 0) is 31.2 Å². The van der Waals surface area contributed by atoms with E-state index in [0.717, 1.165) is 5.56 Å². The molecule has 2 rings (SSSR count). The largest absolute Gasteiger partial charge is 0.508 e. The number of carbonyl (C=O) groups excluding carboxylic acids is 5. The molecule has 0 aromatic heterocycles. The monoisotopic (exact) mass is 315 g/mol. The molecule has 2 aromatic rings. The molecule has 0 aliphatic carbocycles. The minimum atomic E-state index is -0.181. The van der Waals surface area contributed by atoms with Crippen molar-refractivity contribution in [3.05, 3.63) is 59.7 Å². The molecule has 0 saturated heterocycles. The Kier molecular flexibility index (Phi) is 9.45. The highest BCUT2D eigenvalue weighted by atomic mass is 16.3. The van der Waals surface area contributed by atoms with E-state index in [-0.39, 0.29) is 24.0 Å². The predicted octanol–water partition coefficient (Wildman–Crippen LogP) is 1.79. The lowest BCUT2D eigenvalue weighted by molar-refractivity contribution is -0.193. The van der Waals surface area contributed by atoms with E-state index in [1.165, 1.54) is 6.07 Å². The van der Waals surface area contributed by atoms with Gasteiger partial charge in [-0.15, -0.1) is 0 Å². The second-order valence-corrected chi connectivity index (χ2v) is 4.04. The van der Waals surface area contributed by atoms with Crippen molar-refractivity contribution < 1.29 is 29.1 Å². The number of phenolic OH excluding ortho intramolecular Hbond substituents is 1. The Morgan fingerprint density at radius 2 is 1.52 bits per heavy atom. The molecule has 0 saturated carbocycles. The minimum Gasteiger partial charge on any atom is -0.508 e. The van der Waals surface area contributed by atoms with Gasteiger partial charge in [0.1, 0.15) is 5.75 Å². The third-order valence-corrected chi connectivity index (χ3v) is 2.38. The molecule has 7 heteroatoms. The van der Waals surface area contributed by atoms with Crippen LogP contribution in [0.25, 0.3) is 0 Å². The lowest BCUT2D eigenvalue weighted by atomic mass is 10.1. The van der Waals surface area contributed by atoms with Crippen LogP contribution in [-0.2, 0) is 19.2 Å². The van der Waals surface area contributed by atoms with Crippen molar-refractivity contribution in [2.24, 2.45) is 0 Å². The van der Waals surface area contributed by atoms with Crippen LogP contribution in [0.1, 0.15) is 15.9 Å². The average Bonchev–Trinajstić information content (AvgIpc) is 2.49. The molecule has 118 valence electrons. The number of nitrogens with one attached hydrogen (secondary N) is 1. The second-order valence-electron chi connectivity index (χ2n) is 4.04. The van der Waals surface area contributed by atoms with Crippen LogP contribution < -0.4 is 5.32 Å². The number of amides is 1. The number of anilines is 1. The van der Waals surface area contributed by atoms with Crippen LogP contribution in [0.4, 0.5) is 5.69 Å². The number of aromatic hydroxyl groups is 1. The van der Waals surface area contributed by atoms with Crippen LogP contribution in [0.3, 0.4) is 0 Å². The number of benzene rings is 2. The number of phenols is 1. The highest BCUT2D eigenvalue weighted by molar-refractivity contribution is 6.04. The highest BCUT2D eigenvalue weighted by Crippen LogP contribution is 2.16. The molecule has 2 aromatic carbocycles. The van der Waals surface area contributed by atoms with Gasteiger partial charge in [-0.25, -0.2) is 0 Å². The van der Waals surface area contributed by atoms with Crippen LogP contribution in [0.15, 0.2) is 48.5 Å². The zero-order valence-corrected chi connectivity index (χ0v) is 12.1. The molecule has 23 heavy (non-hydrogen) atoms. The predicted molar refractivity (Wildman–Crippen MR) is 77.3 cm³/mol. The standard InChI is InChI=1S/C14H13NO2.2CO2/c1-10-4-2-5-11(8-10)14(17)15-12-6-3-7-13(16)9-12;2*2-1-3/h2-9,16H,1H3,(H,15,17);;. The van der Waals surface area contributed by atoms with Gasteiger partial charge in [-0.1, -0.05) is 23.8 Å². The number of carbonyl (C=O) groups is 1. The summed E-state index contributed by atoms with van der Waals surface area (Å²) in [6.45, 7) is 1.94. The van der Waals surface area contributed by atoms with Crippen LogP contribution in [0.2, 0.25) is 0 Å². The van der Waals surface area contributed by atoms with Crippen molar-refractivity contribution in [2.45, 2.75) is 6.92 Å². The molecule has 0 aliphatic rings. The van der Waals surface area contributed by atoms with E-state index in [2.05, 4.69) is 5.32 Å². The summed E-state index contributed by atoms with van der Waals surface area (Å²) in [6.07, 6.45) is 0.500. The van der Waals surface area contributed by atoms with Crippen LogP contribution in [0, 0.1) is 6.92 Å². The van der Waals surface area contributed by atoms with Crippen molar-refractivity contribution >= 4 is 23.9 Å². The molecule has 0 aliphatic heterocycles. The summed E-state index contributed by atoms with van der Waals surface area (Å²) in [5, 5.41) is 12.0. The van der Waals surface area contributed by atoms with E-state index in [1.54, 1.807) is 24.3 Å². The Morgan fingerprint density at radius 3 is 2.04 bits per heavy atom. The maximum Gasteiger partial charge on any atom is 0.373 e. The quantitative estimate of drug-likeness (QED) is 0.872. The maximum absolute atomic E-state index is 11.9. The zero-order chi connectivity index (χ0) is 17.7. The Bertz CT molecular complexity index is 702. The fourth-order valence-electron chi connectivity index (χ4n) is 1.57. The number of hydrogen-bond donors (Lipinski definition) is 2. The Balaban J connectivity index is 0.000000704. The lowest BCUT2D eigenvalue weighted by Gasteiger charge is -2.06. The Morgan fingerprint density at radius 1 is 0.957 bits per heavy atom. The molecule has 2 N–H and O–H groups in total.